The Morgan fingerprint density at radius 2 is 2.00 bits per heavy atom. The molecule has 92 valence electrons. The van der Waals surface area contributed by atoms with E-state index in [1.165, 1.54) is 0 Å². The molecule has 1 atom stereocenters. The third-order valence-electron chi connectivity index (χ3n) is 3.35. The number of carbonyl (C=O) groups is 1. The lowest BCUT2D eigenvalue weighted by Crippen LogP contribution is -2.43. The maximum atomic E-state index is 12.3. The van der Waals surface area contributed by atoms with E-state index in [-0.39, 0.29) is 11.8 Å². The average Bonchev–Trinajstić information content (AvgIpc) is 2.27. The quantitative estimate of drug-likeness (QED) is 0.798. The maximum Gasteiger partial charge on any atom is 0.187 e. The molecule has 0 aromatic heterocycles. The van der Waals surface area contributed by atoms with E-state index in [1.54, 1.807) is 0 Å². The summed E-state index contributed by atoms with van der Waals surface area (Å²) in [6.07, 6.45) is 0. The molecule has 0 amide bonds. The molecule has 3 nitrogen and oxygen atoms in total. The first kappa shape index (κ1) is 12.6. The van der Waals surface area contributed by atoms with Crippen LogP contribution in [0.1, 0.15) is 21.5 Å². The van der Waals surface area contributed by atoms with Crippen molar-refractivity contribution in [2.45, 2.75) is 19.9 Å². The van der Waals surface area contributed by atoms with Gasteiger partial charge in [-0.15, -0.1) is 0 Å². The van der Waals surface area contributed by atoms with Crippen molar-refractivity contribution in [2.24, 2.45) is 0 Å². The van der Waals surface area contributed by atoms with Gasteiger partial charge in [0.2, 0.25) is 0 Å². The number of rotatable bonds is 1. The number of hydrogen-bond acceptors (Lipinski definition) is 3. The van der Waals surface area contributed by atoms with Crippen molar-refractivity contribution in [3.63, 3.8) is 0 Å². The fraction of sp³-hybridized carbons (Fsp3) is 0.462. The van der Waals surface area contributed by atoms with E-state index >= 15 is 0 Å². The molecular formula is C13H16BrNO2. The third-order valence-corrected chi connectivity index (χ3v) is 4.18. The van der Waals surface area contributed by atoms with Crippen LogP contribution in [0.5, 0.6) is 5.75 Å². The van der Waals surface area contributed by atoms with Gasteiger partial charge in [-0.2, -0.15) is 0 Å². The van der Waals surface area contributed by atoms with Gasteiger partial charge in [-0.3, -0.25) is 9.69 Å². The van der Waals surface area contributed by atoms with Crippen molar-refractivity contribution < 1.29 is 9.53 Å². The standard InChI is InChI=1S/C13H16BrNO2/c1-7-8(2)13-9(5-10(7)14)12(16)11(6-17-13)15(3)4/h5,11H,6H2,1-4H3. The Balaban J connectivity index is 2.54. The number of halogens is 1. The summed E-state index contributed by atoms with van der Waals surface area (Å²) in [4.78, 5) is 14.2. The first-order valence-electron chi connectivity index (χ1n) is 5.56. The lowest BCUT2D eigenvalue weighted by atomic mass is 9.95. The Morgan fingerprint density at radius 1 is 1.35 bits per heavy atom. The number of carbonyl (C=O) groups excluding carboxylic acids is 1. The second-order valence-corrected chi connectivity index (χ2v) is 5.49. The molecule has 2 rings (SSSR count). The molecule has 0 fully saturated rings. The fourth-order valence-electron chi connectivity index (χ4n) is 2.02. The van der Waals surface area contributed by atoms with Crippen LogP contribution in [0.2, 0.25) is 0 Å². The smallest absolute Gasteiger partial charge is 0.187 e. The van der Waals surface area contributed by atoms with Crippen LogP contribution < -0.4 is 4.74 Å². The van der Waals surface area contributed by atoms with E-state index in [9.17, 15) is 4.79 Å². The Morgan fingerprint density at radius 3 is 2.59 bits per heavy atom. The molecule has 1 aliphatic heterocycles. The Labute approximate surface area is 110 Å². The predicted octanol–water partition coefficient (Wildman–Crippen LogP) is 2.57. The van der Waals surface area contributed by atoms with Crippen molar-refractivity contribution >= 4 is 21.7 Å². The number of Topliss-reactive ketones (excluding diaryl/α,β-unsaturated/α-hetero) is 1. The molecule has 4 heteroatoms. The molecule has 1 aliphatic rings. The summed E-state index contributed by atoms with van der Waals surface area (Å²) in [5.41, 5.74) is 2.85. The van der Waals surface area contributed by atoms with E-state index in [4.69, 9.17) is 4.74 Å². The number of nitrogens with zero attached hydrogens (tertiary/aromatic N) is 1. The molecule has 0 radical (unpaired) electrons. The lowest BCUT2D eigenvalue weighted by molar-refractivity contribution is 0.0760. The van der Waals surface area contributed by atoms with Crippen molar-refractivity contribution in [2.75, 3.05) is 20.7 Å². The number of fused-ring (bicyclic) bond motifs is 1. The van der Waals surface area contributed by atoms with Crippen LogP contribution in [-0.2, 0) is 0 Å². The summed E-state index contributed by atoms with van der Waals surface area (Å²) in [7, 11) is 3.79. The Bertz CT molecular complexity index is 483. The van der Waals surface area contributed by atoms with Gasteiger partial charge in [-0.05, 0) is 45.1 Å². The molecule has 0 N–H and O–H groups in total. The zero-order valence-electron chi connectivity index (χ0n) is 10.5. The highest BCUT2D eigenvalue weighted by Crippen LogP contribution is 2.35. The van der Waals surface area contributed by atoms with Crippen molar-refractivity contribution in [3.8, 4) is 5.75 Å². The number of benzene rings is 1. The maximum absolute atomic E-state index is 12.3. The minimum absolute atomic E-state index is 0.139. The second kappa shape index (κ2) is 4.42. The lowest BCUT2D eigenvalue weighted by Gasteiger charge is -2.30. The molecule has 0 saturated heterocycles. The molecule has 0 bridgehead atoms. The largest absolute Gasteiger partial charge is 0.490 e. The van der Waals surface area contributed by atoms with Crippen LogP contribution in [0, 0.1) is 13.8 Å². The van der Waals surface area contributed by atoms with E-state index in [2.05, 4.69) is 15.9 Å². The molecule has 0 spiro atoms. The summed E-state index contributed by atoms with van der Waals surface area (Å²) in [6.45, 7) is 4.44. The summed E-state index contributed by atoms with van der Waals surface area (Å²) in [5, 5.41) is 0. The summed E-state index contributed by atoms with van der Waals surface area (Å²) < 4.78 is 6.71. The number of likely N-dealkylation sites (N-methyl/N-ethyl adjacent to an activating group) is 1. The fourth-order valence-corrected chi connectivity index (χ4v) is 2.55. The minimum Gasteiger partial charge on any atom is -0.490 e. The van der Waals surface area contributed by atoms with Crippen LogP contribution in [0.15, 0.2) is 10.5 Å². The summed E-state index contributed by atoms with van der Waals surface area (Å²) in [6, 6.07) is 1.69. The van der Waals surface area contributed by atoms with E-state index < -0.39 is 0 Å². The molecule has 1 aromatic carbocycles. The topological polar surface area (TPSA) is 29.5 Å². The molecule has 1 unspecified atom stereocenters. The van der Waals surface area contributed by atoms with Crippen LogP contribution >= 0.6 is 15.9 Å². The van der Waals surface area contributed by atoms with Crippen LogP contribution in [0.25, 0.3) is 0 Å². The Kier molecular flexibility index (Phi) is 3.27. The van der Waals surface area contributed by atoms with E-state index in [0.717, 1.165) is 21.3 Å². The predicted molar refractivity (Wildman–Crippen MR) is 70.9 cm³/mol. The number of ether oxygens (including phenoxy) is 1. The Hall–Kier alpha value is -0.870. The number of hydrogen-bond donors (Lipinski definition) is 0. The first-order chi connectivity index (χ1) is 7.93. The zero-order chi connectivity index (χ0) is 12.7. The highest BCUT2D eigenvalue weighted by atomic mass is 79.9. The number of ketones is 1. The van der Waals surface area contributed by atoms with Crippen molar-refractivity contribution in [1.82, 2.24) is 4.90 Å². The van der Waals surface area contributed by atoms with Gasteiger partial charge in [0, 0.05) is 4.47 Å². The highest BCUT2D eigenvalue weighted by molar-refractivity contribution is 9.10. The van der Waals surface area contributed by atoms with E-state index in [1.807, 2.05) is 38.9 Å². The van der Waals surface area contributed by atoms with Gasteiger partial charge in [-0.1, -0.05) is 15.9 Å². The molecule has 1 aromatic rings. The van der Waals surface area contributed by atoms with Gasteiger partial charge in [0.25, 0.3) is 0 Å². The third kappa shape index (κ3) is 2.00. The monoisotopic (exact) mass is 297 g/mol. The average molecular weight is 298 g/mol. The second-order valence-electron chi connectivity index (χ2n) is 4.64. The van der Waals surface area contributed by atoms with Gasteiger partial charge in [0.15, 0.2) is 5.78 Å². The van der Waals surface area contributed by atoms with Crippen LogP contribution in [0.3, 0.4) is 0 Å². The van der Waals surface area contributed by atoms with E-state index in [0.29, 0.717) is 12.2 Å². The van der Waals surface area contributed by atoms with Gasteiger partial charge in [0.1, 0.15) is 18.4 Å². The summed E-state index contributed by atoms with van der Waals surface area (Å²) >= 11 is 3.49. The molecule has 0 aliphatic carbocycles. The minimum atomic E-state index is -0.184. The summed E-state index contributed by atoms with van der Waals surface area (Å²) in [5.74, 6) is 0.883. The van der Waals surface area contributed by atoms with Gasteiger partial charge >= 0.3 is 0 Å². The van der Waals surface area contributed by atoms with Crippen molar-refractivity contribution in [1.29, 1.82) is 0 Å². The van der Waals surface area contributed by atoms with Crippen LogP contribution in [0.4, 0.5) is 0 Å². The normalized spacial score (nSPS) is 19.2. The van der Waals surface area contributed by atoms with Gasteiger partial charge < -0.3 is 4.74 Å². The molecule has 17 heavy (non-hydrogen) atoms. The van der Waals surface area contributed by atoms with Gasteiger partial charge in [0.05, 0.1) is 5.56 Å². The molecule has 1 heterocycles. The zero-order valence-corrected chi connectivity index (χ0v) is 12.1. The highest BCUT2D eigenvalue weighted by Gasteiger charge is 2.32. The van der Waals surface area contributed by atoms with Gasteiger partial charge in [-0.25, -0.2) is 0 Å². The molecular weight excluding hydrogens is 282 g/mol. The van der Waals surface area contributed by atoms with Crippen LogP contribution in [-0.4, -0.2) is 37.4 Å². The first-order valence-corrected chi connectivity index (χ1v) is 6.36. The van der Waals surface area contributed by atoms with Crippen molar-refractivity contribution in [3.05, 3.63) is 27.2 Å². The molecule has 0 saturated carbocycles. The SMILES string of the molecule is Cc1c(Br)cc2c(c1C)OCC(N(C)C)C2=O.